The maximum Gasteiger partial charge on any atom is 0.298 e. The molecule has 1 aromatic carbocycles. The predicted molar refractivity (Wildman–Crippen MR) is 77.9 cm³/mol. The number of tetrazole rings is 1. The first-order chi connectivity index (χ1) is 10.8. The van der Waals surface area contributed by atoms with Crippen molar-refractivity contribution in [2.24, 2.45) is 0 Å². The minimum atomic E-state index is -0.474. The Hall–Kier alpha value is -3.29. The summed E-state index contributed by atoms with van der Waals surface area (Å²) in [6, 6.07) is 12.3. The first-order valence-corrected chi connectivity index (χ1v) is 6.43. The van der Waals surface area contributed by atoms with Crippen molar-refractivity contribution in [3.05, 3.63) is 54.5 Å². The Bertz CT molecular complexity index is 770. The number of nitrogens with zero attached hydrogens (tertiary/aromatic N) is 5. The molecular formula is C14H12N6O2. The summed E-state index contributed by atoms with van der Waals surface area (Å²) in [6.45, 7) is 0. The van der Waals surface area contributed by atoms with Gasteiger partial charge in [0.1, 0.15) is 11.6 Å². The highest BCUT2D eigenvalue weighted by atomic mass is 16.5. The fourth-order valence-corrected chi connectivity index (χ4v) is 1.74. The molecule has 0 aliphatic carbocycles. The Balaban J connectivity index is 1.76. The lowest BCUT2D eigenvalue weighted by Gasteiger charge is -2.01. The van der Waals surface area contributed by atoms with Crippen molar-refractivity contribution in [3.63, 3.8) is 0 Å². The van der Waals surface area contributed by atoms with Gasteiger partial charge in [-0.05, 0) is 41.6 Å². The summed E-state index contributed by atoms with van der Waals surface area (Å²) in [5.74, 6) is 0.630. The number of hydrogen-bond donors (Lipinski definition) is 1. The van der Waals surface area contributed by atoms with Crippen molar-refractivity contribution in [3.8, 4) is 11.4 Å². The molecule has 1 N–H and O–H groups in total. The summed E-state index contributed by atoms with van der Waals surface area (Å²) in [5, 5.41) is 14.2. The third-order valence-electron chi connectivity index (χ3n) is 2.83. The molecule has 3 rings (SSSR count). The molecule has 0 saturated heterocycles. The van der Waals surface area contributed by atoms with E-state index >= 15 is 0 Å². The van der Waals surface area contributed by atoms with Gasteiger partial charge in [0.15, 0.2) is 0 Å². The number of ether oxygens (including phenoxy) is 1. The van der Waals surface area contributed by atoms with Crippen molar-refractivity contribution in [1.29, 1.82) is 0 Å². The molecular weight excluding hydrogens is 284 g/mol. The monoisotopic (exact) mass is 296 g/mol. The lowest BCUT2D eigenvalue weighted by Crippen LogP contribution is -2.15. The zero-order valence-corrected chi connectivity index (χ0v) is 11.7. The van der Waals surface area contributed by atoms with E-state index in [0.717, 1.165) is 5.75 Å². The molecule has 110 valence electrons. The van der Waals surface area contributed by atoms with Crippen LogP contribution in [0, 0.1) is 0 Å². The molecule has 0 aliphatic heterocycles. The van der Waals surface area contributed by atoms with Crippen molar-refractivity contribution in [1.82, 2.24) is 25.2 Å². The molecule has 0 unspecified atom stereocenters. The minimum absolute atomic E-state index is 0.0403. The number of benzene rings is 1. The van der Waals surface area contributed by atoms with Gasteiger partial charge < -0.3 is 10.1 Å². The smallest absolute Gasteiger partial charge is 0.298 e. The van der Waals surface area contributed by atoms with E-state index in [1.807, 2.05) is 0 Å². The van der Waals surface area contributed by atoms with Crippen LogP contribution in [0.4, 0.5) is 5.82 Å². The first-order valence-electron chi connectivity index (χ1n) is 6.43. The van der Waals surface area contributed by atoms with Crippen molar-refractivity contribution in [2.75, 3.05) is 12.4 Å². The molecule has 0 fully saturated rings. The number of rotatable bonds is 4. The van der Waals surface area contributed by atoms with Gasteiger partial charge in [-0.2, -0.15) is 0 Å². The molecule has 8 heteroatoms. The topological polar surface area (TPSA) is 94.8 Å². The van der Waals surface area contributed by atoms with Crippen molar-refractivity contribution >= 4 is 11.7 Å². The summed E-state index contributed by atoms with van der Waals surface area (Å²) < 4.78 is 5.08. The zero-order valence-electron chi connectivity index (χ0n) is 11.7. The molecule has 0 radical (unpaired) electrons. The van der Waals surface area contributed by atoms with Crippen LogP contribution in [0.1, 0.15) is 10.6 Å². The van der Waals surface area contributed by atoms with Crippen LogP contribution in [0.2, 0.25) is 0 Å². The number of carbonyl (C=O) groups excluding carboxylic acids is 1. The van der Waals surface area contributed by atoms with Gasteiger partial charge in [0.2, 0.25) is 0 Å². The molecule has 3 aromatic rings. The summed E-state index contributed by atoms with van der Waals surface area (Å²) in [6.07, 6.45) is 1.58. The van der Waals surface area contributed by atoms with E-state index in [-0.39, 0.29) is 5.82 Å². The summed E-state index contributed by atoms with van der Waals surface area (Å²) in [5.41, 5.74) is 0.671. The number of pyridine rings is 1. The second-order valence-corrected chi connectivity index (χ2v) is 4.27. The molecule has 2 aromatic heterocycles. The molecule has 22 heavy (non-hydrogen) atoms. The van der Waals surface area contributed by atoms with Crippen LogP contribution in [-0.4, -0.2) is 38.2 Å². The number of methoxy groups -OCH3 is 1. The third-order valence-corrected chi connectivity index (χ3v) is 2.83. The number of amides is 1. The van der Waals surface area contributed by atoms with Crippen LogP contribution in [0.15, 0.2) is 48.7 Å². The van der Waals surface area contributed by atoms with Crippen LogP contribution < -0.4 is 10.1 Å². The highest BCUT2D eigenvalue weighted by molar-refractivity contribution is 6.00. The second kappa shape index (κ2) is 6.00. The molecule has 0 aliphatic rings. The molecule has 0 bridgehead atoms. The highest BCUT2D eigenvalue weighted by Crippen LogP contribution is 2.13. The van der Waals surface area contributed by atoms with Gasteiger partial charge in [-0.1, -0.05) is 6.07 Å². The molecule has 2 heterocycles. The van der Waals surface area contributed by atoms with E-state index in [1.165, 1.54) is 4.80 Å². The van der Waals surface area contributed by atoms with Crippen molar-refractivity contribution in [2.45, 2.75) is 0 Å². The summed E-state index contributed by atoms with van der Waals surface area (Å²) >= 11 is 0. The lowest BCUT2D eigenvalue weighted by atomic mass is 10.3. The molecule has 0 spiro atoms. The maximum atomic E-state index is 12.0. The van der Waals surface area contributed by atoms with Gasteiger partial charge in [-0.15, -0.1) is 15.0 Å². The molecule has 8 nitrogen and oxygen atoms in total. The van der Waals surface area contributed by atoms with Crippen LogP contribution in [-0.2, 0) is 0 Å². The lowest BCUT2D eigenvalue weighted by molar-refractivity contribution is 0.101. The van der Waals surface area contributed by atoms with Gasteiger partial charge in [-0.3, -0.25) is 4.79 Å². The van der Waals surface area contributed by atoms with Gasteiger partial charge in [-0.25, -0.2) is 4.98 Å². The molecule has 0 atom stereocenters. The number of aromatic nitrogens is 5. The summed E-state index contributed by atoms with van der Waals surface area (Å²) in [7, 11) is 1.59. The third kappa shape index (κ3) is 2.90. The Kier molecular flexibility index (Phi) is 3.73. The Morgan fingerprint density at radius 1 is 1.18 bits per heavy atom. The summed E-state index contributed by atoms with van der Waals surface area (Å²) in [4.78, 5) is 17.3. The van der Waals surface area contributed by atoms with Gasteiger partial charge >= 0.3 is 0 Å². The van der Waals surface area contributed by atoms with Crippen LogP contribution in [0.25, 0.3) is 5.69 Å². The van der Waals surface area contributed by atoms with Gasteiger partial charge in [0.25, 0.3) is 11.7 Å². The Morgan fingerprint density at radius 3 is 2.68 bits per heavy atom. The maximum absolute atomic E-state index is 12.0. The average Bonchev–Trinajstić information content (AvgIpc) is 3.06. The van der Waals surface area contributed by atoms with Crippen molar-refractivity contribution < 1.29 is 9.53 Å². The SMILES string of the molecule is COc1ccc(-n2nnc(C(=O)Nc3ccccn3)n2)cc1. The van der Waals surface area contributed by atoms with E-state index in [4.69, 9.17) is 4.74 Å². The normalized spacial score (nSPS) is 10.2. The Labute approximate surface area is 125 Å². The highest BCUT2D eigenvalue weighted by Gasteiger charge is 2.14. The van der Waals surface area contributed by atoms with Gasteiger partial charge in [0, 0.05) is 6.20 Å². The minimum Gasteiger partial charge on any atom is -0.497 e. The van der Waals surface area contributed by atoms with Crippen LogP contribution in [0.3, 0.4) is 0 Å². The van der Waals surface area contributed by atoms with Crippen LogP contribution >= 0.6 is 0 Å². The van der Waals surface area contributed by atoms with E-state index in [1.54, 1.807) is 55.8 Å². The number of hydrogen-bond acceptors (Lipinski definition) is 6. The zero-order chi connectivity index (χ0) is 15.4. The van der Waals surface area contributed by atoms with E-state index in [9.17, 15) is 4.79 Å². The second-order valence-electron chi connectivity index (χ2n) is 4.27. The van der Waals surface area contributed by atoms with E-state index in [0.29, 0.717) is 11.5 Å². The predicted octanol–water partition coefficient (Wildman–Crippen LogP) is 1.32. The first kappa shape index (κ1) is 13.7. The number of carbonyl (C=O) groups is 1. The number of anilines is 1. The van der Waals surface area contributed by atoms with E-state index < -0.39 is 5.91 Å². The van der Waals surface area contributed by atoms with E-state index in [2.05, 4.69) is 25.7 Å². The largest absolute Gasteiger partial charge is 0.497 e. The molecule has 0 saturated carbocycles. The number of nitrogens with one attached hydrogen (secondary N) is 1. The average molecular weight is 296 g/mol. The quantitative estimate of drug-likeness (QED) is 0.780. The molecule has 1 amide bonds. The fraction of sp³-hybridized carbons (Fsp3) is 0.0714. The Morgan fingerprint density at radius 2 is 2.00 bits per heavy atom. The fourth-order valence-electron chi connectivity index (χ4n) is 1.74. The van der Waals surface area contributed by atoms with Crippen LogP contribution in [0.5, 0.6) is 5.75 Å². The standard InChI is InChI=1S/C14H12N6O2/c1-22-11-7-5-10(6-8-11)20-18-13(17-19-20)14(21)16-12-4-2-3-9-15-12/h2-9H,1H3,(H,15,16,21). The van der Waals surface area contributed by atoms with Gasteiger partial charge in [0.05, 0.1) is 12.8 Å².